The molecule has 1 aromatic heterocycles. The average molecular weight is 353 g/mol. The van der Waals surface area contributed by atoms with Gasteiger partial charge in [0, 0.05) is 5.56 Å². The van der Waals surface area contributed by atoms with Gasteiger partial charge < -0.3 is 4.98 Å². The van der Waals surface area contributed by atoms with E-state index in [2.05, 4.69) is 16.0 Å². The minimum absolute atomic E-state index is 0.289. The second-order valence-electron chi connectivity index (χ2n) is 6.64. The summed E-state index contributed by atoms with van der Waals surface area (Å²) < 4.78 is 0. The molecule has 5 rings (SSSR count). The van der Waals surface area contributed by atoms with Crippen LogP contribution in [0.4, 0.5) is 5.69 Å². The van der Waals surface area contributed by atoms with Gasteiger partial charge in [0.2, 0.25) is 0 Å². The van der Waals surface area contributed by atoms with Crippen molar-refractivity contribution in [3.8, 4) is 11.4 Å². The number of fused-ring (bicyclic) bond motifs is 2. The number of hydrogen-bond acceptors (Lipinski definition) is 3. The number of rotatable bonds is 2. The third-order valence-corrected chi connectivity index (χ3v) is 4.83. The van der Waals surface area contributed by atoms with Gasteiger partial charge in [-0.25, -0.2) is 9.88 Å². The second-order valence-corrected chi connectivity index (χ2v) is 6.64. The number of amides is 2. The summed E-state index contributed by atoms with van der Waals surface area (Å²) in [7, 11) is 0. The summed E-state index contributed by atoms with van der Waals surface area (Å²) in [6.45, 7) is 2.04. The molecule has 0 radical (unpaired) electrons. The Bertz CT molecular complexity index is 1190. The number of carbonyl (C=O) groups is 2. The Morgan fingerprint density at radius 2 is 1.52 bits per heavy atom. The van der Waals surface area contributed by atoms with Crippen molar-refractivity contribution in [1.82, 2.24) is 9.97 Å². The van der Waals surface area contributed by atoms with Gasteiger partial charge in [-0.15, -0.1) is 0 Å². The number of anilines is 1. The topological polar surface area (TPSA) is 66.1 Å². The van der Waals surface area contributed by atoms with Crippen molar-refractivity contribution < 1.29 is 9.59 Å². The van der Waals surface area contributed by atoms with Crippen molar-refractivity contribution in [2.75, 3.05) is 4.90 Å². The molecule has 1 aliphatic rings. The molecule has 1 aliphatic heterocycles. The van der Waals surface area contributed by atoms with E-state index in [9.17, 15) is 9.59 Å². The van der Waals surface area contributed by atoms with Crippen LogP contribution in [0.3, 0.4) is 0 Å². The van der Waals surface area contributed by atoms with Gasteiger partial charge in [-0.1, -0.05) is 18.2 Å². The van der Waals surface area contributed by atoms with Crippen molar-refractivity contribution in [3.05, 3.63) is 83.4 Å². The van der Waals surface area contributed by atoms with Crippen LogP contribution in [0.2, 0.25) is 0 Å². The van der Waals surface area contributed by atoms with Crippen LogP contribution in [0.5, 0.6) is 0 Å². The predicted octanol–water partition coefficient (Wildman–Crippen LogP) is 4.34. The maximum Gasteiger partial charge on any atom is 0.266 e. The molecule has 5 heteroatoms. The van der Waals surface area contributed by atoms with Gasteiger partial charge in [0.15, 0.2) is 0 Å². The molecule has 2 amide bonds. The van der Waals surface area contributed by atoms with E-state index in [1.165, 1.54) is 10.5 Å². The van der Waals surface area contributed by atoms with E-state index in [4.69, 9.17) is 0 Å². The first-order valence-electron chi connectivity index (χ1n) is 8.66. The number of aromatic nitrogens is 2. The number of hydrogen-bond donors (Lipinski definition) is 1. The molecule has 0 spiro atoms. The minimum Gasteiger partial charge on any atom is -0.338 e. The van der Waals surface area contributed by atoms with Gasteiger partial charge in [-0.05, 0) is 61.0 Å². The maximum absolute atomic E-state index is 12.6. The maximum atomic E-state index is 12.6. The molecular formula is C22H15N3O2. The zero-order chi connectivity index (χ0) is 18.5. The third kappa shape index (κ3) is 2.36. The fraction of sp³-hybridized carbons (Fsp3) is 0.0455. The van der Waals surface area contributed by atoms with E-state index in [0.29, 0.717) is 16.8 Å². The molecule has 0 aliphatic carbocycles. The highest BCUT2D eigenvalue weighted by molar-refractivity contribution is 6.34. The summed E-state index contributed by atoms with van der Waals surface area (Å²) in [6, 6.07) is 20.2. The lowest BCUT2D eigenvalue weighted by molar-refractivity contribution is 0.0926. The lowest BCUT2D eigenvalue weighted by Gasteiger charge is -2.14. The normalized spacial score (nSPS) is 13.4. The van der Waals surface area contributed by atoms with Crippen LogP contribution in [0, 0.1) is 6.92 Å². The first-order chi connectivity index (χ1) is 13.1. The number of imide groups is 1. The zero-order valence-electron chi connectivity index (χ0n) is 14.6. The molecule has 0 saturated heterocycles. The quantitative estimate of drug-likeness (QED) is 0.545. The molecule has 0 bridgehead atoms. The highest BCUT2D eigenvalue weighted by atomic mass is 16.2. The molecule has 27 heavy (non-hydrogen) atoms. The number of H-pyrrole nitrogens is 1. The Balaban J connectivity index is 1.50. The van der Waals surface area contributed by atoms with Crippen molar-refractivity contribution in [1.29, 1.82) is 0 Å². The molecule has 1 N–H and O–H groups in total. The van der Waals surface area contributed by atoms with E-state index < -0.39 is 0 Å². The van der Waals surface area contributed by atoms with Crippen LogP contribution in [0.1, 0.15) is 26.3 Å². The fourth-order valence-corrected chi connectivity index (χ4v) is 3.45. The van der Waals surface area contributed by atoms with Gasteiger partial charge >= 0.3 is 0 Å². The largest absolute Gasteiger partial charge is 0.338 e. The SMILES string of the molecule is Cc1ccc2nc(-c3ccc(N4C(=O)c5ccccc5C4=O)cc3)[nH]c2c1. The van der Waals surface area contributed by atoms with Crippen LogP contribution >= 0.6 is 0 Å². The summed E-state index contributed by atoms with van der Waals surface area (Å²) in [4.78, 5) is 34.3. The highest BCUT2D eigenvalue weighted by Gasteiger charge is 2.36. The van der Waals surface area contributed by atoms with Crippen LogP contribution in [0.15, 0.2) is 66.7 Å². The summed E-state index contributed by atoms with van der Waals surface area (Å²) in [5.74, 6) is 0.176. The van der Waals surface area contributed by atoms with Crippen molar-refractivity contribution in [2.24, 2.45) is 0 Å². The fourth-order valence-electron chi connectivity index (χ4n) is 3.45. The summed E-state index contributed by atoms with van der Waals surface area (Å²) in [6.07, 6.45) is 0. The van der Waals surface area contributed by atoms with E-state index in [-0.39, 0.29) is 11.8 Å². The Labute approximate surface area is 155 Å². The van der Waals surface area contributed by atoms with Crippen molar-refractivity contribution in [2.45, 2.75) is 6.92 Å². The first kappa shape index (κ1) is 15.5. The van der Waals surface area contributed by atoms with Gasteiger partial charge in [0.1, 0.15) is 5.82 Å². The van der Waals surface area contributed by atoms with Crippen LogP contribution < -0.4 is 4.90 Å². The molecule has 2 heterocycles. The molecule has 3 aromatic carbocycles. The molecular weight excluding hydrogens is 338 g/mol. The summed E-state index contributed by atoms with van der Waals surface area (Å²) >= 11 is 0. The monoisotopic (exact) mass is 353 g/mol. The third-order valence-electron chi connectivity index (χ3n) is 4.83. The van der Waals surface area contributed by atoms with Gasteiger partial charge in [-0.3, -0.25) is 9.59 Å². The molecule has 0 atom stereocenters. The molecule has 0 saturated carbocycles. The zero-order valence-corrected chi connectivity index (χ0v) is 14.6. The number of aromatic amines is 1. The van der Waals surface area contributed by atoms with E-state index in [0.717, 1.165) is 22.4 Å². The van der Waals surface area contributed by atoms with E-state index >= 15 is 0 Å². The Hall–Kier alpha value is -3.73. The Kier molecular flexibility index (Phi) is 3.24. The average Bonchev–Trinajstić information content (AvgIpc) is 3.21. The lowest BCUT2D eigenvalue weighted by Crippen LogP contribution is -2.29. The number of aryl methyl sites for hydroxylation is 1. The summed E-state index contributed by atoms with van der Waals surface area (Å²) in [5, 5.41) is 0. The number of carbonyl (C=O) groups excluding carboxylic acids is 2. The lowest BCUT2D eigenvalue weighted by atomic mass is 10.1. The van der Waals surface area contributed by atoms with Gasteiger partial charge in [0.05, 0.1) is 27.8 Å². The van der Waals surface area contributed by atoms with Crippen molar-refractivity contribution >= 4 is 28.5 Å². The smallest absolute Gasteiger partial charge is 0.266 e. The Morgan fingerprint density at radius 1 is 0.852 bits per heavy atom. The van der Waals surface area contributed by atoms with Gasteiger partial charge in [-0.2, -0.15) is 0 Å². The molecule has 0 fully saturated rings. The predicted molar refractivity (Wildman–Crippen MR) is 104 cm³/mol. The van der Waals surface area contributed by atoms with Crippen LogP contribution in [-0.2, 0) is 0 Å². The standard InChI is InChI=1S/C22H15N3O2/c1-13-6-11-18-19(12-13)24-20(23-18)14-7-9-15(10-8-14)25-21(26)16-4-2-3-5-17(16)22(25)27/h2-12H,1H3,(H,23,24). The molecule has 5 nitrogen and oxygen atoms in total. The minimum atomic E-state index is -0.289. The van der Waals surface area contributed by atoms with E-state index in [1.807, 2.05) is 31.2 Å². The second kappa shape index (κ2) is 5.64. The van der Waals surface area contributed by atoms with Gasteiger partial charge in [0.25, 0.3) is 11.8 Å². The Morgan fingerprint density at radius 3 is 2.19 bits per heavy atom. The van der Waals surface area contributed by atoms with E-state index in [1.54, 1.807) is 36.4 Å². The number of benzene rings is 3. The number of imidazole rings is 1. The number of nitrogens with one attached hydrogen (secondary N) is 1. The molecule has 130 valence electrons. The molecule has 0 unspecified atom stereocenters. The first-order valence-corrected chi connectivity index (χ1v) is 8.66. The van der Waals surface area contributed by atoms with Crippen LogP contribution in [0.25, 0.3) is 22.4 Å². The number of nitrogens with zero attached hydrogens (tertiary/aromatic N) is 2. The summed E-state index contributed by atoms with van der Waals surface area (Å²) in [5.41, 5.74) is 5.38. The highest BCUT2D eigenvalue weighted by Crippen LogP contribution is 2.30. The van der Waals surface area contributed by atoms with Crippen molar-refractivity contribution in [3.63, 3.8) is 0 Å². The molecule has 4 aromatic rings. The van der Waals surface area contributed by atoms with Crippen LogP contribution in [-0.4, -0.2) is 21.8 Å².